The molecule has 0 radical (unpaired) electrons. The molecule has 0 saturated carbocycles. The van der Waals surface area contributed by atoms with Gasteiger partial charge in [-0.15, -0.1) is 0 Å². The van der Waals surface area contributed by atoms with Crippen molar-refractivity contribution in [3.63, 3.8) is 0 Å². The molecule has 2 rings (SSSR count). The van der Waals surface area contributed by atoms with Crippen LogP contribution < -0.4 is 5.32 Å². The van der Waals surface area contributed by atoms with Crippen LogP contribution in [0, 0.1) is 13.8 Å². The number of ether oxygens (including phenoxy) is 1. The number of carbonyl (C=O) groups excluding carboxylic acids is 3. The zero-order chi connectivity index (χ0) is 20.8. The summed E-state index contributed by atoms with van der Waals surface area (Å²) < 4.78 is 5.31. The van der Waals surface area contributed by atoms with Crippen LogP contribution >= 0.6 is 0 Å². The predicted molar refractivity (Wildman–Crippen MR) is 108 cm³/mol. The molecule has 2 atom stereocenters. The smallest absolute Gasteiger partial charge is 0.355 e. The van der Waals surface area contributed by atoms with E-state index < -0.39 is 12.1 Å². The third-order valence-electron chi connectivity index (χ3n) is 4.93. The minimum atomic E-state index is -0.940. The molecule has 0 fully saturated rings. The standard InChI is InChI=1S/C22H28N2O4/c1-6-17(18-10-8-7-9-11-18)12-23-21(26)16(5)28-22(27)20-13(2)19(15(4)25)14(3)24-20/h7-11,16-17,24H,6,12H2,1-5H3,(H,23,26)/t16-,17-/m0/s1. The SMILES string of the molecule is CC[C@@H](CNC(=O)[C@H](C)OC(=O)c1[nH]c(C)c(C(C)=O)c1C)c1ccccc1. The minimum Gasteiger partial charge on any atom is -0.448 e. The molecule has 0 aliphatic rings. The lowest BCUT2D eigenvalue weighted by atomic mass is 9.96. The van der Waals surface area contributed by atoms with Crippen LogP contribution in [0.4, 0.5) is 0 Å². The van der Waals surface area contributed by atoms with E-state index in [0.29, 0.717) is 23.4 Å². The number of Topliss-reactive ketones (excluding diaryl/α,β-unsaturated/α-hetero) is 1. The van der Waals surface area contributed by atoms with Crippen molar-refractivity contribution in [2.45, 2.75) is 53.1 Å². The molecule has 1 aromatic carbocycles. The Morgan fingerprint density at radius 2 is 1.79 bits per heavy atom. The van der Waals surface area contributed by atoms with Gasteiger partial charge in [0.05, 0.1) is 0 Å². The molecule has 0 saturated heterocycles. The highest BCUT2D eigenvalue weighted by molar-refractivity contribution is 6.01. The van der Waals surface area contributed by atoms with Crippen LogP contribution in [0.1, 0.15) is 70.8 Å². The van der Waals surface area contributed by atoms with Crippen molar-refractivity contribution in [3.8, 4) is 0 Å². The summed E-state index contributed by atoms with van der Waals surface area (Å²) >= 11 is 0. The number of nitrogens with one attached hydrogen (secondary N) is 2. The number of rotatable bonds is 8. The molecule has 1 aromatic heterocycles. The van der Waals surface area contributed by atoms with Gasteiger partial charge in [-0.25, -0.2) is 4.79 Å². The third-order valence-corrected chi connectivity index (χ3v) is 4.93. The Bertz CT molecular complexity index is 855. The Hall–Kier alpha value is -2.89. The molecule has 0 aliphatic heterocycles. The number of amides is 1. The van der Waals surface area contributed by atoms with Gasteiger partial charge in [0.15, 0.2) is 11.9 Å². The van der Waals surface area contributed by atoms with Crippen LogP contribution in [0.25, 0.3) is 0 Å². The fraction of sp³-hybridized carbons (Fsp3) is 0.409. The van der Waals surface area contributed by atoms with Crippen molar-refractivity contribution in [1.29, 1.82) is 0 Å². The number of benzene rings is 1. The molecular formula is C22H28N2O4. The molecule has 0 unspecified atom stereocenters. The summed E-state index contributed by atoms with van der Waals surface area (Å²) in [6.07, 6.45) is -0.0580. The van der Waals surface area contributed by atoms with Crippen molar-refractivity contribution < 1.29 is 19.1 Å². The van der Waals surface area contributed by atoms with Crippen LogP contribution in [-0.4, -0.2) is 35.3 Å². The third kappa shape index (κ3) is 4.88. The van der Waals surface area contributed by atoms with Gasteiger partial charge in [0.25, 0.3) is 5.91 Å². The number of hydrogen-bond donors (Lipinski definition) is 2. The first kappa shape index (κ1) is 21.4. The Morgan fingerprint density at radius 3 is 2.32 bits per heavy atom. The quantitative estimate of drug-likeness (QED) is 0.537. The molecule has 6 heteroatoms. The number of ketones is 1. The molecule has 150 valence electrons. The Morgan fingerprint density at radius 1 is 1.14 bits per heavy atom. The van der Waals surface area contributed by atoms with Crippen molar-refractivity contribution in [2.75, 3.05) is 6.54 Å². The predicted octanol–water partition coefficient (Wildman–Crippen LogP) is 3.69. The molecule has 0 bridgehead atoms. The van der Waals surface area contributed by atoms with Gasteiger partial charge in [-0.05, 0) is 45.2 Å². The highest BCUT2D eigenvalue weighted by atomic mass is 16.5. The molecule has 28 heavy (non-hydrogen) atoms. The van der Waals surface area contributed by atoms with E-state index in [4.69, 9.17) is 4.74 Å². The van der Waals surface area contributed by atoms with E-state index in [9.17, 15) is 14.4 Å². The second-order valence-electron chi connectivity index (χ2n) is 6.99. The maximum absolute atomic E-state index is 12.4. The van der Waals surface area contributed by atoms with Gasteiger partial charge in [-0.1, -0.05) is 37.3 Å². The van der Waals surface area contributed by atoms with Gasteiger partial charge >= 0.3 is 5.97 Å². The van der Waals surface area contributed by atoms with Gasteiger partial charge in [0, 0.05) is 23.7 Å². The summed E-state index contributed by atoms with van der Waals surface area (Å²) in [4.78, 5) is 39.4. The molecular weight excluding hydrogens is 356 g/mol. The van der Waals surface area contributed by atoms with E-state index in [1.807, 2.05) is 30.3 Å². The number of aryl methyl sites for hydroxylation is 1. The van der Waals surface area contributed by atoms with Crippen molar-refractivity contribution >= 4 is 17.7 Å². The molecule has 2 aromatic rings. The van der Waals surface area contributed by atoms with Crippen LogP contribution in [0.5, 0.6) is 0 Å². The van der Waals surface area contributed by atoms with Gasteiger partial charge < -0.3 is 15.0 Å². The largest absolute Gasteiger partial charge is 0.448 e. The van der Waals surface area contributed by atoms with Crippen LogP contribution in [0.2, 0.25) is 0 Å². The topological polar surface area (TPSA) is 88.3 Å². The van der Waals surface area contributed by atoms with Gasteiger partial charge in [0.2, 0.25) is 0 Å². The Balaban J connectivity index is 1.98. The molecule has 0 spiro atoms. The van der Waals surface area contributed by atoms with Gasteiger partial charge in [-0.2, -0.15) is 0 Å². The Kier molecular flexibility index (Phi) is 7.15. The average molecular weight is 384 g/mol. The summed E-state index contributed by atoms with van der Waals surface area (Å²) in [5, 5.41) is 2.86. The lowest BCUT2D eigenvalue weighted by Crippen LogP contribution is -2.38. The van der Waals surface area contributed by atoms with Crippen LogP contribution in [-0.2, 0) is 9.53 Å². The number of carbonyl (C=O) groups is 3. The van der Waals surface area contributed by atoms with Gasteiger partial charge in [-0.3, -0.25) is 9.59 Å². The summed E-state index contributed by atoms with van der Waals surface area (Å²) in [5.74, 6) is -0.927. The highest BCUT2D eigenvalue weighted by Gasteiger charge is 2.25. The fourth-order valence-electron chi connectivity index (χ4n) is 3.35. The van der Waals surface area contributed by atoms with Crippen LogP contribution in [0.15, 0.2) is 30.3 Å². The lowest BCUT2D eigenvalue weighted by molar-refractivity contribution is -0.129. The first-order valence-corrected chi connectivity index (χ1v) is 9.49. The lowest BCUT2D eigenvalue weighted by Gasteiger charge is -2.18. The molecule has 2 N–H and O–H groups in total. The summed E-state index contributed by atoms with van der Waals surface area (Å²) in [5.41, 5.74) is 3.00. The first-order valence-electron chi connectivity index (χ1n) is 9.49. The van der Waals surface area contributed by atoms with Crippen LogP contribution in [0.3, 0.4) is 0 Å². The number of aromatic amines is 1. The summed E-state index contributed by atoms with van der Waals surface area (Å²) in [6.45, 7) is 8.93. The maximum atomic E-state index is 12.4. The summed E-state index contributed by atoms with van der Waals surface area (Å²) in [7, 11) is 0. The van der Waals surface area contributed by atoms with E-state index in [-0.39, 0.29) is 23.3 Å². The fourth-order valence-corrected chi connectivity index (χ4v) is 3.35. The first-order chi connectivity index (χ1) is 13.3. The molecule has 1 heterocycles. The Labute approximate surface area is 165 Å². The second-order valence-corrected chi connectivity index (χ2v) is 6.99. The van der Waals surface area contributed by atoms with E-state index in [2.05, 4.69) is 17.2 Å². The van der Waals surface area contributed by atoms with E-state index in [1.165, 1.54) is 13.8 Å². The normalized spacial score (nSPS) is 12.9. The number of aromatic nitrogens is 1. The number of H-pyrrole nitrogens is 1. The highest BCUT2D eigenvalue weighted by Crippen LogP contribution is 2.20. The monoisotopic (exact) mass is 384 g/mol. The zero-order valence-corrected chi connectivity index (χ0v) is 17.1. The minimum absolute atomic E-state index is 0.123. The molecule has 0 aliphatic carbocycles. The summed E-state index contributed by atoms with van der Waals surface area (Å²) in [6, 6.07) is 9.97. The molecule has 1 amide bonds. The van der Waals surface area contributed by atoms with Gasteiger partial charge in [0.1, 0.15) is 5.69 Å². The van der Waals surface area contributed by atoms with E-state index in [0.717, 1.165) is 12.0 Å². The number of hydrogen-bond acceptors (Lipinski definition) is 4. The average Bonchev–Trinajstić information content (AvgIpc) is 2.97. The van der Waals surface area contributed by atoms with E-state index in [1.54, 1.807) is 13.8 Å². The number of esters is 1. The second kappa shape index (κ2) is 9.35. The van der Waals surface area contributed by atoms with E-state index >= 15 is 0 Å². The van der Waals surface area contributed by atoms with Crippen molar-refractivity contribution in [1.82, 2.24) is 10.3 Å². The zero-order valence-electron chi connectivity index (χ0n) is 17.1. The van der Waals surface area contributed by atoms with Crippen molar-refractivity contribution in [3.05, 3.63) is 58.4 Å². The maximum Gasteiger partial charge on any atom is 0.355 e. The van der Waals surface area contributed by atoms with Crippen molar-refractivity contribution in [2.24, 2.45) is 0 Å². The molecule has 6 nitrogen and oxygen atoms in total.